The minimum Gasteiger partial charge on any atom is -0.349 e. The number of rotatable bonds is 3. The summed E-state index contributed by atoms with van der Waals surface area (Å²) >= 11 is 0. The summed E-state index contributed by atoms with van der Waals surface area (Å²) in [6.07, 6.45) is 3.21. The predicted octanol–water partition coefficient (Wildman–Crippen LogP) is 3.84. The Morgan fingerprint density at radius 1 is 1.25 bits per heavy atom. The monoisotopic (exact) mass is 354 g/mol. The Labute approximate surface area is 150 Å². The summed E-state index contributed by atoms with van der Waals surface area (Å²) in [5, 5.41) is 6.61. The number of carbonyl (C=O) groups is 1. The molecule has 1 aliphatic heterocycles. The first-order valence-electron chi connectivity index (χ1n) is 8.58. The fourth-order valence-electron chi connectivity index (χ4n) is 3.89. The SMILES string of the molecule is CC(C)(C)C(NC(=O)C1CC12CCNCC2)c1ccc(F)cc1.Cl. The topological polar surface area (TPSA) is 41.1 Å². The van der Waals surface area contributed by atoms with Crippen molar-refractivity contribution in [1.82, 2.24) is 10.6 Å². The van der Waals surface area contributed by atoms with Gasteiger partial charge in [0.25, 0.3) is 0 Å². The van der Waals surface area contributed by atoms with Gasteiger partial charge in [-0.05, 0) is 60.9 Å². The van der Waals surface area contributed by atoms with Crippen LogP contribution in [0.2, 0.25) is 0 Å². The lowest BCUT2D eigenvalue weighted by Gasteiger charge is -2.32. The van der Waals surface area contributed by atoms with Gasteiger partial charge in [0.2, 0.25) is 5.91 Å². The van der Waals surface area contributed by atoms with Crippen LogP contribution in [-0.4, -0.2) is 19.0 Å². The van der Waals surface area contributed by atoms with Gasteiger partial charge in [-0.1, -0.05) is 32.9 Å². The highest BCUT2D eigenvalue weighted by atomic mass is 35.5. The van der Waals surface area contributed by atoms with Crippen LogP contribution in [0.15, 0.2) is 24.3 Å². The van der Waals surface area contributed by atoms with Crippen LogP contribution in [-0.2, 0) is 4.79 Å². The second kappa shape index (κ2) is 7.01. The molecule has 24 heavy (non-hydrogen) atoms. The van der Waals surface area contributed by atoms with Crippen molar-refractivity contribution in [2.75, 3.05) is 13.1 Å². The Bertz CT molecular complexity index is 576. The summed E-state index contributed by atoms with van der Waals surface area (Å²) in [6.45, 7) is 8.35. The van der Waals surface area contributed by atoms with E-state index < -0.39 is 0 Å². The van der Waals surface area contributed by atoms with Gasteiger partial charge in [-0.15, -0.1) is 12.4 Å². The normalized spacial score (nSPS) is 23.2. The van der Waals surface area contributed by atoms with E-state index in [0.717, 1.165) is 37.9 Å². The van der Waals surface area contributed by atoms with Gasteiger partial charge in [0, 0.05) is 5.92 Å². The van der Waals surface area contributed by atoms with Crippen LogP contribution in [0.3, 0.4) is 0 Å². The van der Waals surface area contributed by atoms with E-state index in [0.29, 0.717) is 0 Å². The largest absolute Gasteiger partial charge is 0.349 e. The molecule has 0 radical (unpaired) electrons. The van der Waals surface area contributed by atoms with Crippen molar-refractivity contribution in [2.45, 2.75) is 46.1 Å². The Morgan fingerprint density at radius 3 is 2.38 bits per heavy atom. The van der Waals surface area contributed by atoms with Crippen LogP contribution in [0.25, 0.3) is 0 Å². The van der Waals surface area contributed by atoms with Crippen molar-refractivity contribution in [2.24, 2.45) is 16.7 Å². The Hall–Kier alpha value is -1.13. The number of nitrogens with one attached hydrogen (secondary N) is 2. The first-order chi connectivity index (χ1) is 10.8. The van der Waals surface area contributed by atoms with Crippen LogP contribution >= 0.6 is 12.4 Å². The average Bonchev–Trinajstić information content (AvgIpc) is 3.19. The van der Waals surface area contributed by atoms with Gasteiger partial charge < -0.3 is 10.6 Å². The molecule has 1 spiro atoms. The van der Waals surface area contributed by atoms with E-state index in [4.69, 9.17) is 0 Å². The van der Waals surface area contributed by atoms with Crippen LogP contribution < -0.4 is 10.6 Å². The lowest BCUT2D eigenvalue weighted by Crippen LogP contribution is -2.39. The van der Waals surface area contributed by atoms with Crippen LogP contribution in [0, 0.1) is 22.6 Å². The molecule has 2 atom stereocenters. The molecule has 1 amide bonds. The number of hydrogen-bond acceptors (Lipinski definition) is 2. The third-order valence-corrected chi connectivity index (χ3v) is 5.46. The minimum atomic E-state index is -0.247. The van der Waals surface area contributed by atoms with E-state index in [2.05, 4.69) is 31.4 Å². The Morgan fingerprint density at radius 2 is 1.83 bits per heavy atom. The highest BCUT2D eigenvalue weighted by Gasteiger charge is 2.58. The zero-order valence-corrected chi connectivity index (χ0v) is 15.5. The van der Waals surface area contributed by atoms with Crippen molar-refractivity contribution in [3.8, 4) is 0 Å². The lowest BCUT2D eigenvalue weighted by atomic mass is 9.82. The van der Waals surface area contributed by atoms with Crippen molar-refractivity contribution in [3.63, 3.8) is 0 Å². The fourth-order valence-corrected chi connectivity index (χ4v) is 3.89. The summed E-state index contributed by atoms with van der Waals surface area (Å²) in [5.74, 6) is 0.0645. The summed E-state index contributed by atoms with van der Waals surface area (Å²) in [5.41, 5.74) is 1.08. The van der Waals surface area contributed by atoms with E-state index in [1.165, 1.54) is 12.1 Å². The van der Waals surface area contributed by atoms with Crippen molar-refractivity contribution in [1.29, 1.82) is 0 Å². The summed E-state index contributed by atoms with van der Waals surface area (Å²) in [6, 6.07) is 6.38. The molecule has 1 saturated heterocycles. The number of hydrogen-bond donors (Lipinski definition) is 2. The first-order valence-corrected chi connectivity index (χ1v) is 8.58. The molecule has 1 heterocycles. The third-order valence-electron chi connectivity index (χ3n) is 5.46. The second-order valence-corrected chi connectivity index (χ2v) is 8.23. The number of halogens is 2. The van der Waals surface area contributed by atoms with E-state index in [-0.39, 0.29) is 46.9 Å². The first kappa shape index (κ1) is 19.2. The smallest absolute Gasteiger partial charge is 0.224 e. The molecule has 0 bridgehead atoms. The van der Waals surface area contributed by atoms with Gasteiger partial charge in [-0.25, -0.2) is 4.39 Å². The Balaban J connectivity index is 0.00000208. The van der Waals surface area contributed by atoms with E-state index in [9.17, 15) is 9.18 Å². The third kappa shape index (κ3) is 3.92. The molecule has 2 N–H and O–H groups in total. The molecule has 1 aromatic carbocycles. The van der Waals surface area contributed by atoms with E-state index >= 15 is 0 Å². The molecule has 5 heteroatoms. The van der Waals surface area contributed by atoms with Crippen molar-refractivity contribution < 1.29 is 9.18 Å². The maximum absolute atomic E-state index is 13.2. The average molecular weight is 355 g/mol. The molecule has 1 aliphatic carbocycles. The standard InChI is InChI=1S/C19H27FN2O.ClH/c1-18(2,3)16(13-4-6-14(20)7-5-13)22-17(23)15-12-19(15)8-10-21-11-9-19;/h4-7,15-16,21H,8-12H2,1-3H3,(H,22,23);1H. The quantitative estimate of drug-likeness (QED) is 0.865. The lowest BCUT2D eigenvalue weighted by molar-refractivity contribution is -0.124. The molecule has 1 aromatic rings. The van der Waals surface area contributed by atoms with Crippen LogP contribution in [0.4, 0.5) is 4.39 Å². The second-order valence-electron chi connectivity index (χ2n) is 8.23. The zero-order valence-electron chi connectivity index (χ0n) is 14.7. The van der Waals surface area contributed by atoms with Gasteiger partial charge in [0.1, 0.15) is 5.82 Å². The van der Waals surface area contributed by atoms with Gasteiger partial charge in [-0.2, -0.15) is 0 Å². The van der Waals surface area contributed by atoms with Gasteiger partial charge in [0.05, 0.1) is 6.04 Å². The molecule has 1 saturated carbocycles. The van der Waals surface area contributed by atoms with Crippen LogP contribution in [0.1, 0.15) is 51.6 Å². The molecule has 0 aromatic heterocycles. The maximum atomic E-state index is 13.2. The zero-order chi connectivity index (χ0) is 16.7. The minimum absolute atomic E-state index is 0. The highest BCUT2D eigenvalue weighted by Crippen LogP contribution is 2.58. The summed E-state index contributed by atoms with van der Waals surface area (Å²) < 4.78 is 13.2. The number of piperidine rings is 1. The van der Waals surface area contributed by atoms with Gasteiger partial charge >= 0.3 is 0 Å². The number of amides is 1. The summed E-state index contributed by atoms with van der Waals surface area (Å²) in [7, 11) is 0. The predicted molar refractivity (Wildman–Crippen MR) is 96.6 cm³/mol. The van der Waals surface area contributed by atoms with Crippen molar-refractivity contribution >= 4 is 18.3 Å². The molecular formula is C19H28ClFN2O. The molecule has 2 aliphatic rings. The van der Waals surface area contributed by atoms with E-state index in [1.807, 2.05) is 0 Å². The molecule has 3 rings (SSSR count). The van der Waals surface area contributed by atoms with Crippen LogP contribution in [0.5, 0.6) is 0 Å². The molecule has 2 fully saturated rings. The Kier molecular flexibility index (Phi) is 5.61. The maximum Gasteiger partial charge on any atom is 0.224 e. The number of benzene rings is 1. The van der Waals surface area contributed by atoms with Gasteiger partial charge in [0.15, 0.2) is 0 Å². The summed E-state index contributed by atoms with van der Waals surface area (Å²) in [4.78, 5) is 12.8. The molecular weight excluding hydrogens is 327 g/mol. The number of carbonyl (C=O) groups excluding carboxylic acids is 1. The fraction of sp³-hybridized carbons (Fsp3) is 0.632. The molecule has 134 valence electrons. The van der Waals surface area contributed by atoms with Crippen molar-refractivity contribution in [3.05, 3.63) is 35.6 Å². The molecule has 3 nitrogen and oxygen atoms in total. The molecule has 2 unspecified atom stereocenters. The van der Waals surface area contributed by atoms with E-state index in [1.54, 1.807) is 12.1 Å². The highest BCUT2D eigenvalue weighted by molar-refractivity contribution is 5.85. The van der Waals surface area contributed by atoms with Gasteiger partial charge in [-0.3, -0.25) is 4.79 Å².